The van der Waals surface area contributed by atoms with Crippen LogP contribution in [0.3, 0.4) is 0 Å². The molecule has 0 saturated heterocycles. The van der Waals surface area contributed by atoms with E-state index in [-0.39, 0.29) is 0 Å². The maximum Gasteiger partial charge on any atom is 0.224 e. The van der Waals surface area contributed by atoms with Crippen molar-refractivity contribution in [2.75, 3.05) is 39.1 Å². The van der Waals surface area contributed by atoms with Gasteiger partial charge in [0.25, 0.3) is 0 Å². The van der Waals surface area contributed by atoms with Crippen molar-refractivity contribution < 1.29 is 18.9 Å². The van der Waals surface area contributed by atoms with Gasteiger partial charge in [0.2, 0.25) is 5.95 Å². The summed E-state index contributed by atoms with van der Waals surface area (Å²) in [6, 6.07) is 13.0. The van der Waals surface area contributed by atoms with Crippen molar-refractivity contribution in [3.8, 4) is 23.0 Å². The second-order valence-electron chi connectivity index (χ2n) is 6.00. The van der Waals surface area contributed by atoms with E-state index in [4.69, 9.17) is 18.9 Å². The molecular formula is C21H24N4O4. The number of ether oxygens (including phenoxy) is 4. The van der Waals surface area contributed by atoms with Gasteiger partial charge in [0.05, 0.1) is 34.1 Å². The lowest BCUT2D eigenvalue weighted by Crippen LogP contribution is -2.05. The summed E-state index contributed by atoms with van der Waals surface area (Å²) in [7, 11) is 6.44. The molecule has 0 amide bonds. The quantitative estimate of drug-likeness (QED) is 0.564. The van der Waals surface area contributed by atoms with E-state index < -0.39 is 0 Å². The second kappa shape index (κ2) is 9.50. The normalized spacial score (nSPS) is 10.2. The first-order chi connectivity index (χ1) is 14.2. The number of anilines is 3. The van der Waals surface area contributed by atoms with Crippen LogP contribution in [0.25, 0.3) is 0 Å². The van der Waals surface area contributed by atoms with Crippen molar-refractivity contribution in [2.45, 2.75) is 6.54 Å². The Morgan fingerprint density at radius 3 is 2.31 bits per heavy atom. The molecule has 0 spiro atoms. The predicted molar refractivity (Wildman–Crippen MR) is 112 cm³/mol. The van der Waals surface area contributed by atoms with Gasteiger partial charge in [0.15, 0.2) is 11.5 Å². The lowest BCUT2D eigenvalue weighted by Gasteiger charge is -2.13. The summed E-state index contributed by atoms with van der Waals surface area (Å²) in [5, 5.41) is 6.45. The van der Waals surface area contributed by atoms with Crippen LogP contribution < -0.4 is 29.6 Å². The molecule has 3 aromatic rings. The largest absolute Gasteiger partial charge is 0.497 e. The first kappa shape index (κ1) is 20.1. The van der Waals surface area contributed by atoms with E-state index in [9.17, 15) is 0 Å². The van der Waals surface area contributed by atoms with Crippen LogP contribution in [-0.4, -0.2) is 38.4 Å². The molecule has 1 heterocycles. The topological polar surface area (TPSA) is 86.8 Å². The smallest absolute Gasteiger partial charge is 0.224 e. The summed E-state index contributed by atoms with van der Waals surface area (Å²) in [4.78, 5) is 8.77. The number of methoxy groups -OCH3 is 4. The first-order valence-electron chi connectivity index (χ1n) is 8.93. The highest BCUT2D eigenvalue weighted by molar-refractivity contribution is 5.66. The molecule has 0 aliphatic heterocycles. The minimum atomic E-state index is 0.497. The molecule has 0 unspecified atom stereocenters. The molecule has 8 heteroatoms. The van der Waals surface area contributed by atoms with Gasteiger partial charge in [-0.2, -0.15) is 4.98 Å². The van der Waals surface area contributed by atoms with Gasteiger partial charge in [-0.15, -0.1) is 0 Å². The van der Waals surface area contributed by atoms with Gasteiger partial charge in [-0.25, -0.2) is 4.98 Å². The summed E-state index contributed by atoms with van der Waals surface area (Å²) < 4.78 is 21.2. The van der Waals surface area contributed by atoms with Gasteiger partial charge in [0.1, 0.15) is 17.3 Å². The third-order valence-electron chi connectivity index (χ3n) is 4.23. The maximum atomic E-state index is 5.41. The number of hydrogen-bond acceptors (Lipinski definition) is 8. The Morgan fingerprint density at radius 2 is 1.59 bits per heavy atom. The van der Waals surface area contributed by atoms with E-state index in [0.29, 0.717) is 41.3 Å². The zero-order valence-electron chi connectivity index (χ0n) is 16.9. The molecule has 0 atom stereocenters. The summed E-state index contributed by atoms with van der Waals surface area (Å²) in [5.41, 5.74) is 1.79. The number of nitrogens with zero attached hydrogens (tertiary/aromatic N) is 2. The number of nitrogens with one attached hydrogen (secondary N) is 2. The second-order valence-corrected chi connectivity index (χ2v) is 6.00. The monoisotopic (exact) mass is 396 g/mol. The van der Waals surface area contributed by atoms with E-state index in [1.165, 1.54) is 0 Å². The summed E-state index contributed by atoms with van der Waals surface area (Å²) >= 11 is 0. The Kier molecular flexibility index (Phi) is 6.57. The minimum Gasteiger partial charge on any atom is -0.497 e. The fourth-order valence-electron chi connectivity index (χ4n) is 2.72. The lowest BCUT2D eigenvalue weighted by molar-refractivity contribution is 0.354. The standard InChI is InChI=1S/C21H24N4O4/c1-26-15-6-7-16(18(12-15)28-3)24-20-9-10-22-21(25-20)23-13-14-5-8-17(27-2)19(11-14)29-4/h5-12H,13H2,1-4H3,(H2,22,23,24,25). The number of rotatable bonds is 9. The Hall–Kier alpha value is -3.68. The van der Waals surface area contributed by atoms with Gasteiger partial charge in [-0.05, 0) is 35.9 Å². The Balaban J connectivity index is 1.70. The average molecular weight is 396 g/mol. The van der Waals surface area contributed by atoms with Gasteiger partial charge >= 0.3 is 0 Å². The molecule has 0 bridgehead atoms. The third-order valence-corrected chi connectivity index (χ3v) is 4.23. The summed E-state index contributed by atoms with van der Waals surface area (Å²) in [5.74, 6) is 3.87. The number of benzene rings is 2. The van der Waals surface area contributed by atoms with Gasteiger partial charge in [-0.1, -0.05) is 6.07 Å². The summed E-state index contributed by atoms with van der Waals surface area (Å²) in [6.07, 6.45) is 1.68. The molecule has 29 heavy (non-hydrogen) atoms. The molecule has 1 aromatic heterocycles. The van der Waals surface area contributed by atoms with E-state index in [0.717, 1.165) is 11.3 Å². The van der Waals surface area contributed by atoms with Crippen LogP contribution in [0.5, 0.6) is 23.0 Å². The van der Waals surface area contributed by atoms with Gasteiger partial charge in [-0.3, -0.25) is 0 Å². The summed E-state index contributed by atoms with van der Waals surface area (Å²) in [6.45, 7) is 0.537. The van der Waals surface area contributed by atoms with Crippen molar-refractivity contribution in [1.82, 2.24) is 9.97 Å². The van der Waals surface area contributed by atoms with Crippen LogP contribution >= 0.6 is 0 Å². The fourth-order valence-corrected chi connectivity index (χ4v) is 2.72. The average Bonchev–Trinajstić information content (AvgIpc) is 2.78. The van der Waals surface area contributed by atoms with E-state index in [1.807, 2.05) is 30.3 Å². The highest BCUT2D eigenvalue weighted by atomic mass is 16.5. The molecule has 0 saturated carbocycles. The minimum absolute atomic E-state index is 0.497. The number of hydrogen-bond donors (Lipinski definition) is 2. The molecule has 0 radical (unpaired) electrons. The molecule has 3 rings (SSSR count). The lowest BCUT2D eigenvalue weighted by atomic mass is 10.2. The Bertz CT molecular complexity index is 965. The first-order valence-corrected chi connectivity index (χ1v) is 8.93. The fraction of sp³-hybridized carbons (Fsp3) is 0.238. The zero-order chi connectivity index (χ0) is 20.6. The molecule has 2 aromatic carbocycles. The van der Waals surface area contributed by atoms with Gasteiger partial charge in [0, 0.05) is 18.8 Å². The molecule has 0 aliphatic rings. The Labute approximate surface area is 169 Å². The molecule has 0 aliphatic carbocycles. The van der Waals surface area contributed by atoms with Crippen molar-refractivity contribution in [3.05, 3.63) is 54.2 Å². The SMILES string of the molecule is COc1ccc(Nc2ccnc(NCc3ccc(OC)c(OC)c3)n2)c(OC)c1. The van der Waals surface area contributed by atoms with Crippen LogP contribution in [0.4, 0.5) is 17.5 Å². The predicted octanol–water partition coefficient (Wildman–Crippen LogP) is 3.87. The Morgan fingerprint density at radius 1 is 0.793 bits per heavy atom. The van der Waals surface area contributed by atoms with Crippen LogP contribution in [0.15, 0.2) is 48.7 Å². The molecule has 8 nitrogen and oxygen atoms in total. The molecule has 152 valence electrons. The molecular weight excluding hydrogens is 372 g/mol. The van der Waals surface area contributed by atoms with Crippen LogP contribution in [0, 0.1) is 0 Å². The van der Waals surface area contributed by atoms with E-state index >= 15 is 0 Å². The highest BCUT2D eigenvalue weighted by Crippen LogP contribution is 2.31. The van der Waals surface area contributed by atoms with Crippen molar-refractivity contribution in [2.24, 2.45) is 0 Å². The van der Waals surface area contributed by atoms with E-state index in [1.54, 1.807) is 46.8 Å². The zero-order valence-corrected chi connectivity index (χ0v) is 16.9. The van der Waals surface area contributed by atoms with Crippen molar-refractivity contribution in [3.63, 3.8) is 0 Å². The van der Waals surface area contributed by atoms with Crippen molar-refractivity contribution >= 4 is 17.5 Å². The molecule has 2 N–H and O–H groups in total. The van der Waals surface area contributed by atoms with Crippen LogP contribution in [0.2, 0.25) is 0 Å². The van der Waals surface area contributed by atoms with Crippen LogP contribution in [0.1, 0.15) is 5.56 Å². The van der Waals surface area contributed by atoms with E-state index in [2.05, 4.69) is 20.6 Å². The number of aromatic nitrogens is 2. The highest BCUT2D eigenvalue weighted by Gasteiger charge is 2.08. The third kappa shape index (κ3) is 4.98. The van der Waals surface area contributed by atoms with Gasteiger partial charge < -0.3 is 29.6 Å². The molecule has 0 fully saturated rings. The maximum absolute atomic E-state index is 5.41. The van der Waals surface area contributed by atoms with Crippen molar-refractivity contribution in [1.29, 1.82) is 0 Å². The van der Waals surface area contributed by atoms with Crippen LogP contribution in [-0.2, 0) is 6.54 Å².